The molecule has 0 saturated carbocycles. The molecule has 5 rings (SSSR count). The second kappa shape index (κ2) is 10.0. The molecule has 0 aliphatic rings. The fraction of sp³-hybridized carbons (Fsp3) is 0.0909. The highest BCUT2D eigenvalue weighted by atomic mass is 16.5. The van der Waals surface area contributed by atoms with Gasteiger partial charge in [-0.15, -0.1) is 0 Å². The molecule has 0 aliphatic heterocycles. The van der Waals surface area contributed by atoms with E-state index in [2.05, 4.69) is 30.3 Å². The lowest BCUT2D eigenvalue weighted by atomic mass is 9.77. The normalized spacial score (nSPS) is 12.6. The minimum atomic E-state index is -1.40. The molecular formula is C33H28O2. The summed E-state index contributed by atoms with van der Waals surface area (Å²) in [5.74, 6) is 0.678. The highest BCUT2D eigenvalue weighted by molar-refractivity contribution is 5.74. The molecule has 0 spiro atoms. The summed E-state index contributed by atoms with van der Waals surface area (Å²) in [6.07, 6.45) is 0. The van der Waals surface area contributed by atoms with E-state index in [-0.39, 0.29) is 0 Å². The van der Waals surface area contributed by atoms with Crippen molar-refractivity contribution in [2.45, 2.75) is 19.1 Å². The van der Waals surface area contributed by atoms with Crippen molar-refractivity contribution >= 4 is 0 Å². The summed E-state index contributed by atoms with van der Waals surface area (Å²) in [5, 5.41) is 12.7. The number of rotatable bonds is 7. The van der Waals surface area contributed by atoms with Crippen molar-refractivity contribution in [1.29, 1.82) is 0 Å². The molecule has 0 aromatic heterocycles. The van der Waals surface area contributed by atoms with Crippen molar-refractivity contribution in [1.82, 2.24) is 0 Å². The molecular weight excluding hydrogens is 428 g/mol. The van der Waals surface area contributed by atoms with Gasteiger partial charge in [-0.3, -0.25) is 0 Å². The van der Waals surface area contributed by atoms with Gasteiger partial charge in [0.15, 0.2) is 0 Å². The first-order chi connectivity index (χ1) is 17.2. The predicted molar refractivity (Wildman–Crippen MR) is 142 cm³/mol. The largest absolute Gasteiger partial charge is 0.488 e. The molecule has 1 N–H and O–H groups in total. The summed E-state index contributed by atoms with van der Waals surface area (Å²) < 4.78 is 6.58. The van der Waals surface area contributed by atoms with Gasteiger partial charge in [-0.25, -0.2) is 0 Å². The van der Waals surface area contributed by atoms with Crippen LogP contribution in [0.25, 0.3) is 11.1 Å². The van der Waals surface area contributed by atoms with E-state index in [1.165, 1.54) is 0 Å². The monoisotopic (exact) mass is 456 g/mol. The molecule has 0 saturated heterocycles. The van der Waals surface area contributed by atoms with Gasteiger partial charge < -0.3 is 9.84 Å². The van der Waals surface area contributed by atoms with Gasteiger partial charge >= 0.3 is 0 Å². The van der Waals surface area contributed by atoms with Crippen LogP contribution in [-0.2, 0) is 12.2 Å². The Morgan fingerprint density at radius 1 is 0.600 bits per heavy atom. The lowest BCUT2D eigenvalue weighted by Crippen LogP contribution is -2.30. The van der Waals surface area contributed by atoms with Gasteiger partial charge in [0.1, 0.15) is 18.0 Å². The van der Waals surface area contributed by atoms with E-state index in [1.54, 1.807) is 0 Å². The summed E-state index contributed by atoms with van der Waals surface area (Å²) in [4.78, 5) is 0. The molecule has 5 aromatic carbocycles. The molecule has 0 fully saturated rings. The maximum absolute atomic E-state index is 12.7. The molecule has 5 aromatic rings. The van der Waals surface area contributed by atoms with E-state index in [4.69, 9.17) is 4.74 Å². The van der Waals surface area contributed by atoms with Crippen LogP contribution in [0.15, 0.2) is 133 Å². The van der Waals surface area contributed by atoms with Crippen molar-refractivity contribution in [3.63, 3.8) is 0 Å². The molecule has 2 nitrogen and oxygen atoms in total. The number of aryl methyl sites for hydroxylation is 1. The number of aliphatic hydroxyl groups is 1. The van der Waals surface area contributed by atoms with Gasteiger partial charge in [-0.2, -0.15) is 0 Å². The summed E-state index contributed by atoms with van der Waals surface area (Å²) in [6, 6.07) is 44.2. The van der Waals surface area contributed by atoms with Crippen LogP contribution in [0.1, 0.15) is 27.8 Å². The third-order valence-corrected chi connectivity index (χ3v) is 6.44. The first-order valence-electron chi connectivity index (χ1n) is 11.9. The number of hydrogen-bond donors (Lipinski definition) is 1. The smallest absolute Gasteiger partial charge is 0.144 e. The van der Waals surface area contributed by atoms with Gasteiger partial charge in [0.25, 0.3) is 0 Å². The van der Waals surface area contributed by atoms with Crippen LogP contribution >= 0.6 is 0 Å². The maximum atomic E-state index is 12.7. The fourth-order valence-corrected chi connectivity index (χ4v) is 4.67. The highest BCUT2D eigenvalue weighted by Gasteiger charge is 2.38. The van der Waals surface area contributed by atoms with Gasteiger partial charge in [-0.1, -0.05) is 133 Å². The Morgan fingerprint density at radius 3 is 1.86 bits per heavy atom. The molecule has 35 heavy (non-hydrogen) atoms. The Hall–Kier alpha value is -4.14. The predicted octanol–water partition coefficient (Wildman–Crippen LogP) is 7.53. The first kappa shape index (κ1) is 22.6. The molecule has 1 atom stereocenters. The highest BCUT2D eigenvalue weighted by Crippen LogP contribution is 2.46. The number of hydrogen-bond acceptors (Lipinski definition) is 2. The van der Waals surface area contributed by atoms with Gasteiger partial charge in [-0.05, 0) is 34.7 Å². The van der Waals surface area contributed by atoms with Crippen LogP contribution in [0.4, 0.5) is 0 Å². The Morgan fingerprint density at radius 2 is 1.17 bits per heavy atom. The summed E-state index contributed by atoms with van der Waals surface area (Å²) >= 11 is 0. The van der Waals surface area contributed by atoms with E-state index >= 15 is 0 Å². The van der Waals surface area contributed by atoms with E-state index in [0.717, 1.165) is 38.9 Å². The average Bonchev–Trinajstić information content (AvgIpc) is 2.93. The second-order valence-corrected chi connectivity index (χ2v) is 8.71. The van der Waals surface area contributed by atoms with E-state index in [9.17, 15) is 5.11 Å². The van der Waals surface area contributed by atoms with Crippen molar-refractivity contribution in [2.75, 3.05) is 0 Å². The standard InChI is InChI=1S/C33H28O2/c1-25-14-11-12-22-30(25)33(34,28-19-9-4-10-20-28)31-23-13-21-29(27-17-7-3-8-18-27)32(31)35-24-26-15-5-2-6-16-26/h2-23,34H,24H2,1H3. The summed E-state index contributed by atoms with van der Waals surface area (Å²) in [5.41, 5.74) is 5.02. The number of para-hydroxylation sites is 1. The number of benzene rings is 5. The average molecular weight is 457 g/mol. The van der Waals surface area contributed by atoms with Crippen LogP contribution in [0.3, 0.4) is 0 Å². The zero-order valence-corrected chi connectivity index (χ0v) is 19.8. The lowest BCUT2D eigenvalue weighted by Gasteiger charge is -2.33. The summed E-state index contributed by atoms with van der Waals surface area (Å²) in [6.45, 7) is 2.44. The third kappa shape index (κ3) is 4.49. The Bertz CT molecular complexity index is 1400. The van der Waals surface area contributed by atoms with Gasteiger partial charge in [0.05, 0.1) is 0 Å². The van der Waals surface area contributed by atoms with Crippen LogP contribution in [-0.4, -0.2) is 5.11 Å². The quantitative estimate of drug-likeness (QED) is 0.257. The molecule has 0 aliphatic carbocycles. The fourth-order valence-electron chi connectivity index (χ4n) is 4.67. The molecule has 0 radical (unpaired) electrons. The van der Waals surface area contributed by atoms with Crippen LogP contribution in [0, 0.1) is 6.92 Å². The van der Waals surface area contributed by atoms with Crippen LogP contribution < -0.4 is 4.74 Å². The Balaban J connectivity index is 1.76. The molecule has 0 bridgehead atoms. The van der Waals surface area contributed by atoms with Gasteiger partial charge in [0.2, 0.25) is 0 Å². The van der Waals surface area contributed by atoms with E-state index in [1.807, 2.05) is 110 Å². The minimum absolute atomic E-state index is 0.399. The van der Waals surface area contributed by atoms with Crippen LogP contribution in [0.5, 0.6) is 5.75 Å². The lowest BCUT2D eigenvalue weighted by molar-refractivity contribution is 0.119. The molecule has 1 unspecified atom stereocenters. The molecule has 0 heterocycles. The van der Waals surface area contributed by atoms with Crippen LogP contribution in [0.2, 0.25) is 0 Å². The molecule has 172 valence electrons. The number of ether oxygens (including phenoxy) is 1. The van der Waals surface area contributed by atoms with Gasteiger partial charge in [0, 0.05) is 11.1 Å². The minimum Gasteiger partial charge on any atom is -0.488 e. The SMILES string of the molecule is Cc1ccccc1C(O)(c1ccccc1)c1cccc(-c2ccccc2)c1OCc1ccccc1. The van der Waals surface area contributed by atoms with Crippen molar-refractivity contribution in [3.8, 4) is 16.9 Å². The zero-order chi connectivity index (χ0) is 24.1. The molecule has 0 amide bonds. The third-order valence-electron chi connectivity index (χ3n) is 6.44. The van der Waals surface area contributed by atoms with E-state index < -0.39 is 5.60 Å². The van der Waals surface area contributed by atoms with Crippen molar-refractivity contribution < 1.29 is 9.84 Å². The van der Waals surface area contributed by atoms with E-state index in [0.29, 0.717) is 12.4 Å². The second-order valence-electron chi connectivity index (χ2n) is 8.71. The topological polar surface area (TPSA) is 29.5 Å². The van der Waals surface area contributed by atoms with Crippen molar-refractivity contribution in [2.24, 2.45) is 0 Å². The first-order valence-corrected chi connectivity index (χ1v) is 11.9. The Labute approximate surface area is 207 Å². The zero-order valence-electron chi connectivity index (χ0n) is 19.8. The molecule has 2 heteroatoms. The summed E-state index contributed by atoms with van der Waals surface area (Å²) in [7, 11) is 0. The Kier molecular flexibility index (Phi) is 6.47. The van der Waals surface area contributed by atoms with Crippen molar-refractivity contribution in [3.05, 3.63) is 161 Å². The maximum Gasteiger partial charge on any atom is 0.144 e.